The van der Waals surface area contributed by atoms with Crippen LogP contribution in [0.1, 0.15) is 16.5 Å². The van der Waals surface area contributed by atoms with Crippen molar-refractivity contribution in [3.8, 4) is 11.5 Å². The maximum atomic E-state index is 13.7. The van der Waals surface area contributed by atoms with E-state index in [-0.39, 0.29) is 5.82 Å². The van der Waals surface area contributed by atoms with Gasteiger partial charge in [-0.15, -0.1) is 11.6 Å². The summed E-state index contributed by atoms with van der Waals surface area (Å²) in [7, 11) is 3.07. The standard InChI is InChI=1S/C16H15Cl2FO2/c1-20-15-8-11(13(18)9-16(15)21-2)12(17)7-10-5-3-4-6-14(10)19/h3-6,8-9,12H,7H2,1-2H3. The molecule has 0 aromatic heterocycles. The second-order valence-corrected chi connectivity index (χ2v) is 5.43. The highest BCUT2D eigenvalue weighted by Crippen LogP contribution is 2.39. The van der Waals surface area contributed by atoms with Crippen molar-refractivity contribution in [2.24, 2.45) is 0 Å². The summed E-state index contributed by atoms with van der Waals surface area (Å²) in [4.78, 5) is 0. The van der Waals surface area contributed by atoms with Crippen molar-refractivity contribution in [1.29, 1.82) is 0 Å². The van der Waals surface area contributed by atoms with Crippen LogP contribution in [-0.2, 0) is 6.42 Å². The summed E-state index contributed by atoms with van der Waals surface area (Å²) in [5.41, 5.74) is 1.22. The quantitative estimate of drug-likeness (QED) is 0.717. The first-order chi connectivity index (χ1) is 10.1. The molecule has 0 bridgehead atoms. The van der Waals surface area contributed by atoms with E-state index in [1.165, 1.54) is 20.3 Å². The molecule has 0 radical (unpaired) electrons. The third kappa shape index (κ3) is 3.60. The molecule has 0 amide bonds. The molecular weight excluding hydrogens is 314 g/mol. The predicted molar refractivity (Wildman–Crippen MR) is 83.3 cm³/mol. The molecule has 1 atom stereocenters. The summed E-state index contributed by atoms with van der Waals surface area (Å²) in [5.74, 6) is 0.789. The van der Waals surface area contributed by atoms with Gasteiger partial charge in [0.2, 0.25) is 0 Å². The molecule has 0 heterocycles. The Kier molecular flexibility index (Phi) is 5.32. The first-order valence-electron chi connectivity index (χ1n) is 6.35. The van der Waals surface area contributed by atoms with E-state index in [0.29, 0.717) is 34.1 Å². The molecule has 112 valence electrons. The third-order valence-electron chi connectivity index (χ3n) is 3.20. The maximum Gasteiger partial charge on any atom is 0.162 e. The van der Waals surface area contributed by atoms with Gasteiger partial charge in [-0.25, -0.2) is 4.39 Å². The van der Waals surface area contributed by atoms with Crippen molar-refractivity contribution in [2.75, 3.05) is 14.2 Å². The van der Waals surface area contributed by atoms with Gasteiger partial charge < -0.3 is 9.47 Å². The number of alkyl halides is 1. The molecule has 2 aromatic rings. The van der Waals surface area contributed by atoms with Gasteiger partial charge in [-0.2, -0.15) is 0 Å². The van der Waals surface area contributed by atoms with Gasteiger partial charge in [0, 0.05) is 11.1 Å². The zero-order valence-electron chi connectivity index (χ0n) is 11.7. The van der Waals surface area contributed by atoms with Crippen LogP contribution in [0.4, 0.5) is 4.39 Å². The van der Waals surface area contributed by atoms with Crippen molar-refractivity contribution >= 4 is 23.2 Å². The van der Waals surface area contributed by atoms with Crippen LogP contribution in [0.25, 0.3) is 0 Å². The minimum Gasteiger partial charge on any atom is -0.493 e. The Hall–Kier alpha value is -1.45. The van der Waals surface area contributed by atoms with E-state index >= 15 is 0 Å². The van der Waals surface area contributed by atoms with Crippen LogP contribution in [0.3, 0.4) is 0 Å². The predicted octanol–water partition coefficient (Wildman–Crippen LogP) is 5.02. The smallest absolute Gasteiger partial charge is 0.162 e. The lowest BCUT2D eigenvalue weighted by Gasteiger charge is -2.16. The van der Waals surface area contributed by atoms with Gasteiger partial charge >= 0.3 is 0 Å². The molecule has 2 rings (SSSR count). The molecular formula is C16H15Cl2FO2. The molecule has 0 spiro atoms. The second kappa shape index (κ2) is 7.01. The van der Waals surface area contributed by atoms with E-state index in [9.17, 15) is 4.39 Å². The minimum atomic E-state index is -0.464. The Balaban J connectivity index is 2.31. The molecule has 2 nitrogen and oxygen atoms in total. The Morgan fingerprint density at radius 1 is 1.10 bits per heavy atom. The van der Waals surface area contributed by atoms with Gasteiger partial charge in [-0.1, -0.05) is 29.8 Å². The summed E-state index contributed by atoms with van der Waals surface area (Å²) in [6.07, 6.45) is 0.337. The van der Waals surface area contributed by atoms with Crippen LogP contribution in [0.5, 0.6) is 11.5 Å². The van der Waals surface area contributed by atoms with E-state index in [1.807, 2.05) is 0 Å². The topological polar surface area (TPSA) is 18.5 Å². The van der Waals surface area contributed by atoms with Crippen LogP contribution in [0.15, 0.2) is 36.4 Å². The van der Waals surface area contributed by atoms with E-state index in [2.05, 4.69) is 0 Å². The number of hydrogen-bond acceptors (Lipinski definition) is 2. The molecule has 0 saturated carbocycles. The lowest BCUT2D eigenvalue weighted by Crippen LogP contribution is -2.01. The fourth-order valence-corrected chi connectivity index (χ4v) is 2.76. The SMILES string of the molecule is COc1cc(Cl)c(C(Cl)Cc2ccccc2F)cc1OC. The van der Waals surface area contributed by atoms with Crippen molar-refractivity contribution in [3.05, 3.63) is 58.4 Å². The number of methoxy groups -OCH3 is 2. The number of halogens is 3. The third-order valence-corrected chi connectivity index (χ3v) is 3.91. The zero-order valence-corrected chi connectivity index (χ0v) is 13.2. The van der Waals surface area contributed by atoms with Crippen LogP contribution >= 0.6 is 23.2 Å². The maximum absolute atomic E-state index is 13.7. The first-order valence-corrected chi connectivity index (χ1v) is 7.17. The highest BCUT2D eigenvalue weighted by molar-refractivity contribution is 6.33. The molecule has 0 aliphatic rings. The molecule has 0 saturated heterocycles. The average Bonchev–Trinajstić information content (AvgIpc) is 2.49. The van der Waals surface area contributed by atoms with Gasteiger partial charge in [0.1, 0.15) is 5.82 Å². The summed E-state index contributed by atoms with van der Waals surface area (Å²) in [6, 6.07) is 9.91. The van der Waals surface area contributed by atoms with Gasteiger partial charge in [0.05, 0.1) is 19.6 Å². The largest absolute Gasteiger partial charge is 0.493 e. The van der Waals surface area contributed by atoms with Crippen LogP contribution in [0, 0.1) is 5.82 Å². The lowest BCUT2D eigenvalue weighted by molar-refractivity contribution is 0.354. The molecule has 2 aromatic carbocycles. The normalized spacial score (nSPS) is 12.0. The molecule has 0 aliphatic heterocycles. The monoisotopic (exact) mass is 328 g/mol. The van der Waals surface area contributed by atoms with Gasteiger partial charge in [0.25, 0.3) is 0 Å². The molecule has 0 aliphatic carbocycles. The molecule has 0 fully saturated rings. The van der Waals surface area contributed by atoms with Crippen LogP contribution in [0.2, 0.25) is 5.02 Å². The van der Waals surface area contributed by atoms with E-state index in [4.69, 9.17) is 32.7 Å². The number of ether oxygens (including phenoxy) is 2. The highest BCUT2D eigenvalue weighted by atomic mass is 35.5. The minimum absolute atomic E-state index is 0.278. The second-order valence-electron chi connectivity index (χ2n) is 4.49. The van der Waals surface area contributed by atoms with Gasteiger partial charge in [-0.05, 0) is 29.7 Å². The Labute approximate surface area is 133 Å². The van der Waals surface area contributed by atoms with Gasteiger partial charge in [-0.3, -0.25) is 0 Å². The fourth-order valence-electron chi connectivity index (χ4n) is 2.08. The fraction of sp³-hybridized carbons (Fsp3) is 0.250. The van der Waals surface area contributed by atoms with Crippen molar-refractivity contribution < 1.29 is 13.9 Å². The molecule has 21 heavy (non-hydrogen) atoms. The Morgan fingerprint density at radius 3 is 2.33 bits per heavy atom. The number of rotatable bonds is 5. The van der Waals surface area contributed by atoms with Crippen LogP contribution < -0.4 is 9.47 Å². The summed E-state index contributed by atoms with van der Waals surface area (Å²) in [5, 5.41) is -0.00167. The van der Waals surface area contributed by atoms with E-state index < -0.39 is 5.38 Å². The van der Waals surface area contributed by atoms with Crippen LogP contribution in [-0.4, -0.2) is 14.2 Å². The molecule has 1 unspecified atom stereocenters. The Bertz CT molecular complexity index is 632. The van der Waals surface area contributed by atoms with Gasteiger partial charge in [0.15, 0.2) is 11.5 Å². The zero-order chi connectivity index (χ0) is 15.4. The lowest BCUT2D eigenvalue weighted by atomic mass is 10.0. The Morgan fingerprint density at radius 2 is 1.71 bits per heavy atom. The first kappa shape index (κ1) is 15.9. The summed E-state index contributed by atoms with van der Waals surface area (Å²) in [6.45, 7) is 0. The van der Waals surface area contributed by atoms with E-state index in [0.717, 1.165) is 0 Å². The molecule has 5 heteroatoms. The van der Waals surface area contributed by atoms with Crippen molar-refractivity contribution in [1.82, 2.24) is 0 Å². The van der Waals surface area contributed by atoms with Crippen molar-refractivity contribution in [2.45, 2.75) is 11.8 Å². The number of benzene rings is 2. The van der Waals surface area contributed by atoms with E-state index in [1.54, 1.807) is 30.3 Å². The van der Waals surface area contributed by atoms with Crippen molar-refractivity contribution in [3.63, 3.8) is 0 Å². The summed E-state index contributed by atoms with van der Waals surface area (Å²) >= 11 is 12.6. The average molecular weight is 329 g/mol. The summed E-state index contributed by atoms with van der Waals surface area (Å²) < 4.78 is 24.1. The number of hydrogen-bond donors (Lipinski definition) is 0. The molecule has 0 N–H and O–H groups in total. The highest BCUT2D eigenvalue weighted by Gasteiger charge is 2.18.